The van der Waals surface area contributed by atoms with Crippen LogP contribution in [-0.4, -0.2) is 5.97 Å². The molecule has 19 heavy (non-hydrogen) atoms. The van der Waals surface area contributed by atoms with Gasteiger partial charge in [0.1, 0.15) is 6.10 Å². The maximum absolute atomic E-state index is 11.9. The Hall–Kier alpha value is -1.57. The zero-order valence-corrected chi connectivity index (χ0v) is 11.6. The van der Waals surface area contributed by atoms with Gasteiger partial charge in [-0.3, -0.25) is 4.79 Å². The summed E-state index contributed by atoms with van der Waals surface area (Å²) in [7, 11) is 0. The van der Waals surface area contributed by atoms with Gasteiger partial charge in [-0.15, -0.1) is 0 Å². The quantitative estimate of drug-likeness (QED) is 0.556. The lowest BCUT2D eigenvalue weighted by atomic mass is 9.69. The fourth-order valence-corrected chi connectivity index (χ4v) is 3.38. The minimum Gasteiger partial charge on any atom is -0.453 e. The first-order valence-corrected chi connectivity index (χ1v) is 7.05. The number of carbonyl (C=O) groups excluding carboxylic acids is 1. The van der Waals surface area contributed by atoms with E-state index >= 15 is 0 Å². The van der Waals surface area contributed by atoms with Crippen molar-refractivity contribution in [1.82, 2.24) is 0 Å². The molecule has 0 fully saturated rings. The fraction of sp³-hybridized carbons (Fsp3) is 0.471. The molecular weight excluding hydrogens is 236 g/mol. The molecule has 1 aliphatic heterocycles. The van der Waals surface area contributed by atoms with E-state index in [-0.39, 0.29) is 17.5 Å². The average molecular weight is 256 g/mol. The number of ether oxygens (including phenoxy) is 1. The monoisotopic (exact) mass is 256 g/mol. The summed E-state index contributed by atoms with van der Waals surface area (Å²) in [6.07, 6.45) is 3.74. The summed E-state index contributed by atoms with van der Waals surface area (Å²) < 4.78 is 5.64. The number of rotatable bonds is 1. The maximum Gasteiger partial charge on any atom is 0.310 e. The van der Waals surface area contributed by atoms with Gasteiger partial charge in [0, 0.05) is 0 Å². The van der Waals surface area contributed by atoms with E-state index < -0.39 is 0 Å². The molecule has 0 N–H and O–H groups in total. The second-order valence-corrected chi connectivity index (χ2v) is 6.20. The van der Waals surface area contributed by atoms with E-state index in [1.807, 2.05) is 18.2 Å². The summed E-state index contributed by atoms with van der Waals surface area (Å²) in [6.45, 7) is 4.50. The van der Waals surface area contributed by atoms with Crippen LogP contribution in [0.1, 0.15) is 51.2 Å². The third-order valence-corrected chi connectivity index (χ3v) is 4.44. The Morgan fingerprint density at radius 1 is 1.21 bits per heavy atom. The maximum atomic E-state index is 11.9. The number of hydrogen-bond acceptors (Lipinski definition) is 2. The van der Waals surface area contributed by atoms with Crippen molar-refractivity contribution >= 4 is 5.97 Å². The van der Waals surface area contributed by atoms with Gasteiger partial charge in [0.2, 0.25) is 0 Å². The highest BCUT2D eigenvalue weighted by molar-refractivity contribution is 5.75. The topological polar surface area (TPSA) is 26.3 Å². The fourth-order valence-electron chi connectivity index (χ4n) is 3.38. The highest BCUT2D eigenvalue weighted by Crippen LogP contribution is 2.49. The summed E-state index contributed by atoms with van der Waals surface area (Å²) >= 11 is 0. The van der Waals surface area contributed by atoms with Crippen molar-refractivity contribution in [3.63, 3.8) is 0 Å². The van der Waals surface area contributed by atoms with Crippen LogP contribution in [0.4, 0.5) is 0 Å². The number of benzene rings is 1. The number of cyclic esters (lactones) is 1. The van der Waals surface area contributed by atoms with Gasteiger partial charge in [0.25, 0.3) is 0 Å². The molecule has 0 amide bonds. The molecule has 100 valence electrons. The molecule has 2 nitrogen and oxygen atoms in total. The lowest BCUT2D eigenvalue weighted by Crippen LogP contribution is -2.31. The second kappa shape index (κ2) is 4.52. The van der Waals surface area contributed by atoms with Crippen molar-refractivity contribution in [3.8, 4) is 0 Å². The number of hydrogen-bond donors (Lipinski definition) is 0. The van der Waals surface area contributed by atoms with Crippen molar-refractivity contribution in [2.24, 2.45) is 5.41 Å². The van der Waals surface area contributed by atoms with Gasteiger partial charge >= 0.3 is 5.97 Å². The molecule has 2 heteroatoms. The van der Waals surface area contributed by atoms with E-state index in [4.69, 9.17) is 4.74 Å². The Balaban J connectivity index is 2.07. The molecule has 0 radical (unpaired) electrons. The molecule has 0 aromatic heterocycles. The first-order chi connectivity index (χ1) is 9.08. The third-order valence-electron chi connectivity index (χ3n) is 4.44. The summed E-state index contributed by atoms with van der Waals surface area (Å²) in [4.78, 5) is 11.9. The Morgan fingerprint density at radius 2 is 1.95 bits per heavy atom. The van der Waals surface area contributed by atoms with Crippen LogP contribution < -0.4 is 0 Å². The lowest BCUT2D eigenvalue weighted by molar-refractivity contribution is -0.149. The van der Waals surface area contributed by atoms with E-state index in [9.17, 15) is 4.79 Å². The van der Waals surface area contributed by atoms with E-state index in [0.717, 1.165) is 12.0 Å². The van der Waals surface area contributed by atoms with Crippen molar-refractivity contribution in [3.05, 3.63) is 47.0 Å². The van der Waals surface area contributed by atoms with Crippen LogP contribution in [0.25, 0.3) is 0 Å². The van der Waals surface area contributed by atoms with Gasteiger partial charge < -0.3 is 4.74 Å². The van der Waals surface area contributed by atoms with Crippen LogP contribution in [0.5, 0.6) is 0 Å². The van der Waals surface area contributed by atoms with Crippen LogP contribution in [0.2, 0.25) is 0 Å². The molecule has 3 rings (SSSR count). The largest absolute Gasteiger partial charge is 0.453 e. The van der Waals surface area contributed by atoms with Crippen molar-refractivity contribution in [1.29, 1.82) is 0 Å². The lowest BCUT2D eigenvalue weighted by Gasteiger charge is -2.40. The molecule has 1 aromatic rings. The van der Waals surface area contributed by atoms with Gasteiger partial charge in [0.05, 0.1) is 6.42 Å². The zero-order valence-electron chi connectivity index (χ0n) is 11.6. The molecule has 1 aromatic carbocycles. The molecule has 1 unspecified atom stereocenters. The van der Waals surface area contributed by atoms with Crippen molar-refractivity contribution in [2.45, 2.75) is 45.6 Å². The van der Waals surface area contributed by atoms with Gasteiger partial charge in [-0.25, -0.2) is 0 Å². The first-order valence-electron chi connectivity index (χ1n) is 7.05. The van der Waals surface area contributed by atoms with Gasteiger partial charge in [-0.2, -0.15) is 0 Å². The molecule has 0 spiro atoms. The van der Waals surface area contributed by atoms with E-state index in [2.05, 4.69) is 26.0 Å². The Kier molecular flexibility index (Phi) is 2.96. The smallest absolute Gasteiger partial charge is 0.310 e. The Bertz CT molecular complexity index is 525. The van der Waals surface area contributed by atoms with Crippen LogP contribution >= 0.6 is 0 Å². The van der Waals surface area contributed by atoms with Crippen LogP contribution in [0.15, 0.2) is 41.5 Å². The molecule has 0 saturated heterocycles. The molecule has 1 aliphatic carbocycles. The Labute approximate surface area is 114 Å². The highest BCUT2D eigenvalue weighted by atomic mass is 16.5. The molecule has 2 aliphatic rings. The molecule has 0 bridgehead atoms. The zero-order chi connectivity index (χ0) is 13.5. The van der Waals surface area contributed by atoms with E-state index in [1.54, 1.807) is 0 Å². The average Bonchev–Trinajstić information content (AvgIpc) is 2.40. The SMILES string of the molecule is CC1(C)CCCC2=C1CC(=O)OC2c1ccccc1. The first kappa shape index (κ1) is 12.5. The van der Waals surface area contributed by atoms with Crippen LogP contribution in [0, 0.1) is 5.41 Å². The van der Waals surface area contributed by atoms with Gasteiger partial charge in [-0.1, -0.05) is 49.8 Å². The second-order valence-electron chi connectivity index (χ2n) is 6.20. The highest BCUT2D eigenvalue weighted by Gasteiger charge is 2.39. The van der Waals surface area contributed by atoms with Crippen LogP contribution in [-0.2, 0) is 9.53 Å². The van der Waals surface area contributed by atoms with Crippen molar-refractivity contribution in [2.75, 3.05) is 0 Å². The predicted octanol–water partition coefficient (Wildman–Crippen LogP) is 4.18. The minimum atomic E-state index is -0.156. The minimum absolute atomic E-state index is 0.0809. The molecule has 1 atom stereocenters. The normalized spacial score (nSPS) is 25.8. The third kappa shape index (κ3) is 2.20. The van der Waals surface area contributed by atoms with Crippen LogP contribution in [0.3, 0.4) is 0 Å². The van der Waals surface area contributed by atoms with Gasteiger partial charge in [0.15, 0.2) is 0 Å². The summed E-state index contributed by atoms with van der Waals surface area (Å²) in [5, 5.41) is 0. The number of carbonyl (C=O) groups is 1. The molecular formula is C17H20O2. The van der Waals surface area contributed by atoms with Gasteiger partial charge in [-0.05, 0) is 35.8 Å². The summed E-state index contributed by atoms with van der Waals surface area (Å²) in [5.41, 5.74) is 3.91. The molecule has 0 saturated carbocycles. The summed E-state index contributed by atoms with van der Waals surface area (Å²) in [6, 6.07) is 10.1. The van der Waals surface area contributed by atoms with E-state index in [1.165, 1.54) is 24.0 Å². The number of esters is 1. The molecule has 1 heterocycles. The predicted molar refractivity (Wildman–Crippen MR) is 74.6 cm³/mol. The Morgan fingerprint density at radius 3 is 2.68 bits per heavy atom. The van der Waals surface area contributed by atoms with E-state index in [0.29, 0.717) is 6.42 Å². The summed E-state index contributed by atoms with van der Waals surface area (Å²) in [5.74, 6) is -0.0809. The van der Waals surface area contributed by atoms with Crippen molar-refractivity contribution < 1.29 is 9.53 Å². The standard InChI is InChI=1S/C17H20O2/c1-17(2)10-6-9-13-14(17)11-15(18)19-16(13)12-7-4-3-5-8-12/h3-5,7-8,16H,6,9-11H2,1-2H3.